The Labute approximate surface area is 157 Å². The predicted molar refractivity (Wildman–Crippen MR) is 103 cm³/mol. The average Bonchev–Trinajstić information content (AvgIpc) is 2.63. The van der Waals surface area contributed by atoms with Gasteiger partial charge in [0.15, 0.2) is 6.10 Å². The van der Waals surface area contributed by atoms with Gasteiger partial charge in [-0.3, -0.25) is 9.59 Å². The third-order valence-corrected chi connectivity index (χ3v) is 4.53. The van der Waals surface area contributed by atoms with Crippen LogP contribution in [0.5, 0.6) is 0 Å². The van der Waals surface area contributed by atoms with Crippen molar-refractivity contribution in [3.05, 3.63) is 58.7 Å². The van der Waals surface area contributed by atoms with Gasteiger partial charge in [0, 0.05) is 17.8 Å². The van der Waals surface area contributed by atoms with E-state index in [1.165, 1.54) is 6.92 Å². The molecule has 1 heterocycles. The predicted octanol–water partition coefficient (Wildman–Crippen LogP) is 3.37. The first kappa shape index (κ1) is 18.6. The van der Waals surface area contributed by atoms with Crippen LogP contribution in [0.25, 0.3) is 0 Å². The van der Waals surface area contributed by atoms with Crippen LogP contribution >= 0.6 is 0 Å². The molecule has 2 N–H and O–H groups in total. The van der Waals surface area contributed by atoms with Crippen molar-refractivity contribution in [3.8, 4) is 0 Å². The minimum Gasteiger partial charge on any atom is -0.449 e. The van der Waals surface area contributed by atoms with Crippen molar-refractivity contribution in [1.82, 2.24) is 0 Å². The average molecular weight is 366 g/mol. The first-order valence-electron chi connectivity index (χ1n) is 8.85. The summed E-state index contributed by atoms with van der Waals surface area (Å²) in [6, 6.07) is 10.7. The second-order valence-corrected chi connectivity index (χ2v) is 6.78. The molecular formula is C21H22N2O4. The van der Waals surface area contributed by atoms with Gasteiger partial charge in [-0.15, -0.1) is 0 Å². The topological polar surface area (TPSA) is 84.5 Å². The Morgan fingerprint density at radius 1 is 1.11 bits per heavy atom. The lowest BCUT2D eigenvalue weighted by Crippen LogP contribution is -2.30. The zero-order valence-electron chi connectivity index (χ0n) is 15.6. The first-order valence-corrected chi connectivity index (χ1v) is 8.85. The highest BCUT2D eigenvalue weighted by molar-refractivity contribution is 5.99. The number of benzene rings is 2. The Balaban J connectivity index is 1.64. The van der Waals surface area contributed by atoms with Crippen LogP contribution in [0.2, 0.25) is 0 Å². The smallest absolute Gasteiger partial charge is 0.338 e. The molecule has 1 unspecified atom stereocenters. The largest absolute Gasteiger partial charge is 0.449 e. The molecule has 1 aliphatic heterocycles. The molecule has 0 bridgehead atoms. The lowest BCUT2D eigenvalue weighted by molar-refractivity contribution is -0.123. The molecule has 6 heteroatoms. The van der Waals surface area contributed by atoms with E-state index in [1.807, 2.05) is 32.0 Å². The number of amides is 2. The van der Waals surface area contributed by atoms with Crippen molar-refractivity contribution >= 4 is 29.2 Å². The molecule has 6 nitrogen and oxygen atoms in total. The van der Waals surface area contributed by atoms with Crippen molar-refractivity contribution < 1.29 is 19.1 Å². The maximum absolute atomic E-state index is 12.4. The van der Waals surface area contributed by atoms with Crippen molar-refractivity contribution in [2.75, 3.05) is 10.6 Å². The number of carbonyl (C=O) groups is 3. The lowest BCUT2D eigenvalue weighted by atomic mass is 10.0. The van der Waals surface area contributed by atoms with E-state index in [9.17, 15) is 14.4 Å². The molecule has 1 aliphatic rings. The molecule has 0 aromatic heterocycles. The standard InChI is InChI=1S/C21H22N2O4/c1-12-4-7-17(13(2)10-12)23-20(25)14(3)27-21(26)16-5-8-18-15(11-16)6-9-19(24)22-18/h4-5,7-8,10-11,14H,6,9H2,1-3H3,(H,22,24)(H,23,25). The summed E-state index contributed by atoms with van der Waals surface area (Å²) in [5.74, 6) is -0.993. The third-order valence-electron chi connectivity index (χ3n) is 4.53. The zero-order valence-corrected chi connectivity index (χ0v) is 15.6. The van der Waals surface area contributed by atoms with Gasteiger partial charge in [0.25, 0.3) is 5.91 Å². The summed E-state index contributed by atoms with van der Waals surface area (Å²) in [4.78, 5) is 36.1. The number of hydrogen-bond acceptors (Lipinski definition) is 4. The van der Waals surface area contributed by atoms with Gasteiger partial charge in [-0.05, 0) is 62.6 Å². The SMILES string of the molecule is Cc1ccc(NC(=O)C(C)OC(=O)c2ccc3c(c2)CCC(=O)N3)c(C)c1. The second-order valence-electron chi connectivity index (χ2n) is 6.78. The molecule has 3 rings (SSSR count). The number of esters is 1. The normalized spacial score (nSPS) is 14.0. The summed E-state index contributed by atoms with van der Waals surface area (Å²) in [6.45, 7) is 5.42. The molecule has 0 aliphatic carbocycles. The fraction of sp³-hybridized carbons (Fsp3) is 0.286. The van der Waals surface area contributed by atoms with Crippen LogP contribution in [0.4, 0.5) is 11.4 Å². The van der Waals surface area contributed by atoms with Crippen LogP contribution in [0.15, 0.2) is 36.4 Å². The number of rotatable bonds is 4. The van der Waals surface area contributed by atoms with Gasteiger partial charge in [-0.1, -0.05) is 17.7 Å². The molecule has 0 radical (unpaired) electrons. The summed E-state index contributed by atoms with van der Waals surface area (Å²) in [7, 11) is 0. The number of nitrogens with one attached hydrogen (secondary N) is 2. The van der Waals surface area contributed by atoms with E-state index < -0.39 is 12.1 Å². The van der Waals surface area contributed by atoms with Gasteiger partial charge in [0.1, 0.15) is 0 Å². The van der Waals surface area contributed by atoms with E-state index >= 15 is 0 Å². The van der Waals surface area contributed by atoms with Gasteiger partial charge in [-0.2, -0.15) is 0 Å². The molecule has 1 atom stereocenters. The van der Waals surface area contributed by atoms with Crippen LogP contribution in [-0.4, -0.2) is 23.9 Å². The Bertz CT molecular complexity index is 920. The van der Waals surface area contributed by atoms with Gasteiger partial charge < -0.3 is 15.4 Å². The van der Waals surface area contributed by atoms with E-state index in [0.29, 0.717) is 29.8 Å². The van der Waals surface area contributed by atoms with E-state index in [2.05, 4.69) is 10.6 Å². The van der Waals surface area contributed by atoms with E-state index in [4.69, 9.17) is 4.74 Å². The van der Waals surface area contributed by atoms with Crippen LogP contribution in [0.3, 0.4) is 0 Å². The van der Waals surface area contributed by atoms with E-state index in [-0.39, 0.29) is 11.8 Å². The summed E-state index contributed by atoms with van der Waals surface area (Å²) in [5.41, 5.74) is 4.70. The molecule has 2 aromatic rings. The lowest BCUT2D eigenvalue weighted by Gasteiger charge is -2.18. The van der Waals surface area contributed by atoms with Crippen molar-refractivity contribution in [1.29, 1.82) is 0 Å². The maximum Gasteiger partial charge on any atom is 0.338 e. The van der Waals surface area contributed by atoms with Crippen molar-refractivity contribution in [3.63, 3.8) is 0 Å². The number of fused-ring (bicyclic) bond motifs is 1. The fourth-order valence-electron chi connectivity index (χ4n) is 2.98. The molecule has 0 fully saturated rings. The summed E-state index contributed by atoms with van der Waals surface area (Å²) >= 11 is 0. The fourth-order valence-corrected chi connectivity index (χ4v) is 2.98. The summed E-state index contributed by atoms with van der Waals surface area (Å²) in [6.07, 6.45) is 0.0274. The minimum atomic E-state index is -0.936. The molecule has 2 aromatic carbocycles. The Morgan fingerprint density at radius 3 is 2.63 bits per heavy atom. The number of ether oxygens (including phenoxy) is 1. The number of aryl methyl sites for hydroxylation is 3. The van der Waals surface area contributed by atoms with Crippen LogP contribution in [-0.2, 0) is 20.7 Å². The maximum atomic E-state index is 12.4. The Kier molecular flexibility index (Phi) is 5.26. The van der Waals surface area contributed by atoms with Gasteiger partial charge in [0.2, 0.25) is 5.91 Å². The highest BCUT2D eigenvalue weighted by Crippen LogP contribution is 2.24. The molecule has 2 amide bonds. The van der Waals surface area contributed by atoms with Gasteiger partial charge in [-0.25, -0.2) is 4.79 Å². The van der Waals surface area contributed by atoms with Gasteiger partial charge in [0.05, 0.1) is 5.56 Å². The number of carbonyl (C=O) groups excluding carboxylic acids is 3. The Hall–Kier alpha value is -3.15. The molecule has 0 saturated carbocycles. The zero-order chi connectivity index (χ0) is 19.6. The molecular weight excluding hydrogens is 344 g/mol. The third kappa shape index (κ3) is 4.34. The summed E-state index contributed by atoms with van der Waals surface area (Å²) < 4.78 is 5.31. The number of hydrogen-bond donors (Lipinski definition) is 2. The summed E-state index contributed by atoms with van der Waals surface area (Å²) in [5, 5.41) is 5.55. The van der Waals surface area contributed by atoms with Crippen LogP contribution < -0.4 is 10.6 Å². The monoisotopic (exact) mass is 366 g/mol. The Morgan fingerprint density at radius 2 is 1.89 bits per heavy atom. The van der Waals surface area contributed by atoms with E-state index in [0.717, 1.165) is 16.7 Å². The first-order chi connectivity index (χ1) is 12.8. The molecule has 0 spiro atoms. The molecule has 140 valence electrons. The van der Waals surface area contributed by atoms with Crippen molar-refractivity contribution in [2.45, 2.75) is 39.7 Å². The number of anilines is 2. The minimum absolute atomic E-state index is 0.0329. The van der Waals surface area contributed by atoms with Crippen LogP contribution in [0, 0.1) is 13.8 Å². The van der Waals surface area contributed by atoms with Crippen LogP contribution in [0.1, 0.15) is 40.4 Å². The van der Waals surface area contributed by atoms with E-state index in [1.54, 1.807) is 18.2 Å². The highest BCUT2D eigenvalue weighted by Gasteiger charge is 2.21. The van der Waals surface area contributed by atoms with Crippen molar-refractivity contribution in [2.24, 2.45) is 0 Å². The second kappa shape index (κ2) is 7.61. The quantitative estimate of drug-likeness (QED) is 0.813. The molecule has 27 heavy (non-hydrogen) atoms. The molecule has 0 saturated heterocycles. The van der Waals surface area contributed by atoms with Gasteiger partial charge >= 0.3 is 5.97 Å². The highest BCUT2D eigenvalue weighted by atomic mass is 16.5.